The molecule has 10 heavy (non-hydrogen) atoms. The summed E-state index contributed by atoms with van der Waals surface area (Å²) in [5.74, 6) is 0. The Morgan fingerprint density at radius 1 is 0.400 bits per heavy atom. The molecule has 72 valence electrons. The third-order valence-corrected chi connectivity index (χ3v) is 0. The van der Waals surface area contributed by atoms with Crippen LogP contribution in [-0.4, -0.2) is 55.9 Å². The molecule has 0 radical (unpaired) electrons. The van der Waals surface area contributed by atoms with Crippen LogP contribution >= 0.6 is 0 Å². The zero-order valence-corrected chi connectivity index (χ0v) is 7.39. The van der Waals surface area contributed by atoms with Crippen LogP contribution in [0.1, 0.15) is 7.43 Å². The summed E-state index contributed by atoms with van der Waals surface area (Å²) in [6, 6.07) is 0. The van der Waals surface area contributed by atoms with Crippen molar-refractivity contribution in [3.8, 4) is 0 Å². The standard InChI is InChI=1S/CH4.2ClH.Mg.6H2O/h1H4;2*1H;;6*1H2/q;;;+2;;;;;;/p-2. The van der Waals surface area contributed by atoms with E-state index in [-0.39, 0.29) is 88.2 Å². The van der Waals surface area contributed by atoms with E-state index in [9.17, 15) is 0 Å². The van der Waals surface area contributed by atoms with Crippen LogP contribution in [0.25, 0.3) is 0 Å². The molecular formula is CH16Cl2MgO6. The fraction of sp³-hybridized carbons (Fsp3) is 1.00. The Labute approximate surface area is 88.2 Å². The largest absolute Gasteiger partial charge is 2.00 e. The van der Waals surface area contributed by atoms with E-state index in [1.807, 2.05) is 0 Å². The van der Waals surface area contributed by atoms with Gasteiger partial charge in [0.2, 0.25) is 0 Å². The quantitative estimate of drug-likeness (QED) is 0.350. The van der Waals surface area contributed by atoms with Crippen molar-refractivity contribution in [2.24, 2.45) is 0 Å². The normalized spacial score (nSPS) is 0. The number of rotatable bonds is 0. The molecule has 0 rings (SSSR count). The van der Waals surface area contributed by atoms with Gasteiger partial charge in [0.05, 0.1) is 0 Å². The van der Waals surface area contributed by atoms with Crippen molar-refractivity contribution >= 4 is 23.1 Å². The summed E-state index contributed by atoms with van der Waals surface area (Å²) >= 11 is 0. The van der Waals surface area contributed by atoms with Crippen LogP contribution in [0.3, 0.4) is 0 Å². The van der Waals surface area contributed by atoms with Gasteiger partial charge >= 0.3 is 23.1 Å². The molecule has 0 spiro atoms. The molecule has 12 N–H and O–H groups in total. The van der Waals surface area contributed by atoms with Crippen molar-refractivity contribution in [3.63, 3.8) is 0 Å². The average Bonchev–Trinajstić information content (AvgIpc) is 0. The predicted molar refractivity (Wildman–Crippen MR) is 34.2 cm³/mol. The van der Waals surface area contributed by atoms with Gasteiger partial charge in [-0.3, -0.25) is 0 Å². The smallest absolute Gasteiger partial charge is 1.00 e. The molecule has 0 saturated heterocycles. The number of halogens is 2. The summed E-state index contributed by atoms with van der Waals surface area (Å²) in [5, 5.41) is 0. The first kappa shape index (κ1) is 927. The van der Waals surface area contributed by atoms with Crippen molar-refractivity contribution in [1.29, 1.82) is 0 Å². The Kier molecular flexibility index (Phi) is 63500. The first-order valence-corrected chi connectivity index (χ1v) is 0. The zero-order chi connectivity index (χ0) is 0. The Bertz CT molecular complexity index is 15.7. The van der Waals surface area contributed by atoms with Crippen LogP contribution in [0.4, 0.5) is 0 Å². The van der Waals surface area contributed by atoms with Gasteiger partial charge in [0.25, 0.3) is 0 Å². The van der Waals surface area contributed by atoms with E-state index < -0.39 is 0 Å². The minimum Gasteiger partial charge on any atom is -1.00 e. The first-order valence-electron chi connectivity index (χ1n) is 0. The predicted octanol–water partition coefficient (Wildman–Crippen LogP) is -10.7. The van der Waals surface area contributed by atoms with Gasteiger partial charge in [0, 0.05) is 0 Å². The van der Waals surface area contributed by atoms with Gasteiger partial charge in [-0.25, -0.2) is 0 Å². The summed E-state index contributed by atoms with van der Waals surface area (Å²) in [4.78, 5) is 0. The molecule has 9 heteroatoms. The van der Waals surface area contributed by atoms with E-state index in [1.165, 1.54) is 0 Å². The SMILES string of the molecule is C.O.O.O.O.O.O.[Cl-].[Cl-].[Mg+2]. The van der Waals surface area contributed by atoms with Crippen molar-refractivity contribution in [2.45, 2.75) is 7.43 Å². The Hall–Kier alpha value is 1.11. The molecular weight excluding hydrogens is 203 g/mol. The molecule has 0 heterocycles. The number of hydrogen-bond acceptors (Lipinski definition) is 0. The summed E-state index contributed by atoms with van der Waals surface area (Å²) in [7, 11) is 0. The maximum absolute atomic E-state index is 0. The summed E-state index contributed by atoms with van der Waals surface area (Å²) < 4.78 is 0. The van der Waals surface area contributed by atoms with Gasteiger partial charge in [0.15, 0.2) is 0 Å². The summed E-state index contributed by atoms with van der Waals surface area (Å²) in [5.41, 5.74) is 0. The van der Waals surface area contributed by atoms with Gasteiger partial charge in [-0.05, 0) is 0 Å². The second-order valence-electron chi connectivity index (χ2n) is 0. The van der Waals surface area contributed by atoms with Crippen LogP contribution < -0.4 is 24.8 Å². The van der Waals surface area contributed by atoms with Crippen LogP contribution in [0.15, 0.2) is 0 Å². The van der Waals surface area contributed by atoms with E-state index in [4.69, 9.17) is 0 Å². The van der Waals surface area contributed by atoms with Crippen LogP contribution in [-0.2, 0) is 0 Å². The van der Waals surface area contributed by atoms with Crippen molar-refractivity contribution in [1.82, 2.24) is 0 Å². The maximum Gasteiger partial charge on any atom is 2.00 e. The molecule has 0 aromatic heterocycles. The Balaban J connectivity index is 0. The second kappa shape index (κ2) is 685. The molecule has 0 aliphatic heterocycles. The van der Waals surface area contributed by atoms with Gasteiger partial charge in [-0.1, -0.05) is 7.43 Å². The zero-order valence-electron chi connectivity index (χ0n) is 4.46. The van der Waals surface area contributed by atoms with E-state index >= 15 is 0 Å². The monoisotopic (exact) mass is 218 g/mol. The number of hydrogen-bond donors (Lipinski definition) is 0. The summed E-state index contributed by atoms with van der Waals surface area (Å²) in [6.07, 6.45) is 0. The molecule has 0 atom stereocenters. The molecule has 0 fully saturated rings. The Morgan fingerprint density at radius 2 is 0.400 bits per heavy atom. The van der Waals surface area contributed by atoms with E-state index in [2.05, 4.69) is 0 Å². The van der Waals surface area contributed by atoms with Crippen molar-refractivity contribution in [2.75, 3.05) is 0 Å². The summed E-state index contributed by atoms with van der Waals surface area (Å²) in [6.45, 7) is 0. The topological polar surface area (TPSA) is 189 Å². The fourth-order valence-electron chi connectivity index (χ4n) is 0. The third-order valence-electron chi connectivity index (χ3n) is 0. The Morgan fingerprint density at radius 3 is 0.400 bits per heavy atom. The van der Waals surface area contributed by atoms with Gasteiger partial charge in [0.1, 0.15) is 0 Å². The second-order valence-corrected chi connectivity index (χ2v) is 0. The van der Waals surface area contributed by atoms with Crippen molar-refractivity contribution < 1.29 is 57.7 Å². The molecule has 0 aliphatic rings. The third kappa shape index (κ3) is 489. The van der Waals surface area contributed by atoms with Crippen molar-refractivity contribution in [3.05, 3.63) is 0 Å². The minimum atomic E-state index is 0. The van der Waals surface area contributed by atoms with Gasteiger partial charge in [-0.2, -0.15) is 0 Å². The minimum absolute atomic E-state index is 0. The van der Waals surface area contributed by atoms with Gasteiger partial charge in [-0.15, -0.1) is 0 Å². The maximum atomic E-state index is 0. The molecule has 0 bridgehead atoms. The molecule has 0 amide bonds. The molecule has 6 nitrogen and oxygen atoms in total. The van der Waals surface area contributed by atoms with E-state index in [0.717, 1.165) is 0 Å². The van der Waals surface area contributed by atoms with E-state index in [1.54, 1.807) is 0 Å². The molecule has 0 aromatic carbocycles. The molecule has 0 aromatic rings. The molecule has 0 saturated carbocycles. The first-order chi connectivity index (χ1) is 0. The fourth-order valence-corrected chi connectivity index (χ4v) is 0. The van der Waals surface area contributed by atoms with Crippen LogP contribution in [0, 0.1) is 0 Å². The molecule has 0 aliphatic carbocycles. The van der Waals surface area contributed by atoms with E-state index in [0.29, 0.717) is 0 Å². The molecule has 0 unspecified atom stereocenters. The average molecular weight is 219 g/mol. The van der Waals surface area contributed by atoms with Crippen LogP contribution in [0.2, 0.25) is 0 Å². The van der Waals surface area contributed by atoms with Gasteiger partial charge < -0.3 is 57.7 Å². The van der Waals surface area contributed by atoms with Crippen LogP contribution in [0.5, 0.6) is 0 Å².